The highest BCUT2D eigenvalue weighted by atomic mass is 32.2. The lowest BCUT2D eigenvalue weighted by Gasteiger charge is -2.13. The van der Waals surface area contributed by atoms with Crippen LogP contribution >= 0.6 is 0 Å². The summed E-state index contributed by atoms with van der Waals surface area (Å²) >= 11 is 0. The molecule has 0 radical (unpaired) electrons. The maximum absolute atomic E-state index is 13.1. The predicted octanol–water partition coefficient (Wildman–Crippen LogP) is 2.08. The minimum atomic E-state index is -3.13. The van der Waals surface area contributed by atoms with Crippen LogP contribution in [-0.4, -0.2) is 31.6 Å². The largest absolute Gasteiger partial charge is 0.492 e. The molecule has 0 amide bonds. The number of sulfone groups is 1. The minimum Gasteiger partial charge on any atom is -0.492 e. The number of ether oxygens (including phenoxy) is 1. The van der Waals surface area contributed by atoms with Gasteiger partial charge in [0.2, 0.25) is 0 Å². The number of hydrogen-bond acceptors (Lipinski definition) is 4. The Bertz CT molecular complexity index is 511. The average Bonchev–Trinajstić information content (AvgIpc) is 2.28. The summed E-state index contributed by atoms with van der Waals surface area (Å²) in [5.41, 5.74) is 0.439. The van der Waals surface area contributed by atoms with Gasteiger partial charge in [-0.3, -0.25) is 0 Å². The Kier molecular flexibility index (Phi) is 5.75. The molecule has 0 aliphatic rings. The van der Waals surface area contributed by atoms with Crippen LogP contribution in [0.15, 0.2) is 18.2 Å². The van der Waals surface area contributed by atoms with Crippen LogP contribution in [0.4, 0.5) is 4.39 Å². The summed E-state index contributed by atoms with van der Waals surface area (Å²) in [6.07, 6.45) is -0.246. The van der Waals surface area contributed by atoms with Crippen molar-refractivity contribution in [1.82, 2.24) is 0 Å². The molecule has 0 aromatic heterocycles. The summed E-state index contributed by atoms with van der Waals surface area (Å²) in [6.45, 7) is 3.27. The first-order valence-corrected chi connectivity index (χ1v) is 7.98. The fourth-order valence-electron chi connectivity index (χ4n) is 1.67. The van der Waals surface area contributed by atoms with Gasteiger partial charge in [-0.1, -0.05) is 6.92 Å². The molecule has 6 heteroatoms. The number of hydrogen-bond donors (Lipinski definition) is 1. The van der Waals surface area contributed by atoms with Gasteiger partial charge in [0.15, 0.2) is 9.84 Å². The van der Waals surface area contributed by atoms with E-state index in [0.29, 0.717) is 12.0 Å². The van der Waals surface area contributed by atoms with Crippen LogP contribution in [0, 0.1) is 5.82 Å². The molecule has 0 aliphatic heterocycles. The molecule has 1 aromatic carbocycles. The third-order valence-corrected chi connectivity index (χ3v) is 4.41. The van der Waals surface area contributed by atoms with Crippen molar-refractivity contribution in [3.63, 3.8) is 0 Å². The molecule has 0 bridgehead atoms. The molecule has 1 aromatic rings. The zero-order valence-corrected chi connectivity index (χ0v) is 11.9. The highest BCUT2D eigenvalue weighted by molar-refractivity contribution is 7.91. The lowest BCUT2D eigenvalue weighted by molar-refractivity contribution is 0.192. The molecule has 1 atom stereocenters. The Morgan fingerprint density at radius 3 is 2.63 bits per heavy atom. The van der Waals surface area contributed by atoms with Gasteiger partial charge in [-0.2, -0.15) is 0 Å². The second-order valence-corrected chi connectivity index (χ2v) is 6.66. The van der Waals surface area contributed by atoms with Crippen molar-refractivity contribution in [2.75, 3.05) is 18.1 Å². The molecular weight excluding hydrogens is 271 g/mol. The molecule has 0 unspecified atom stereocenters. The second-order valence-electron chi connectivity index (χ2n) is 4.36. The first-order chi connectivity index (χ1) is 8.85. The first kappa shape index (κ1) is 15.9. The van der Waals surface area contributed by atoms with E-state index in [1.54, 1.807) is 6.92 Å². The van der Waals surface area contributed by atoms with Crippen molar-refractivity contribution >= 4 is 9.84 Å². The average molecular weight is 290 g/mol. The standard InChI is InChI=1S/C13H19FO4S/c1-3-7-19(16,17)8-6-18-13-9-11(14)4-5-12(13)10(2)15/h4-5,9-10,15H,3,6-8H2,1-2H3/t10-/m0/s1. The molecule has 0 saturated carbocycles. The molecule has 0 heterocycles. The van der Waals surface area contributed by atoms with Gasteiger partial charge in [0.05, 0.1) is 17.6 Å². The summed E-state index contributed by atoms with van der Waals surface area (Å²) < 4.78 is 41.4. The van der Waals surface area contributed by atoms with Crippen molar-refractivity contribution in [2.45, 2.75) is 26.4 Å². The summed E-state index contributed by atoms with van der Waals surface area (Å²) in [6, 6.07) is 3.80. The van der Waals surface area contributed by atoms with E-state index in [2.05, 4.69) is 0 Å². The Morgan fingerprint density at radius 2 is 2.05 bits per heavy atom. The van der Waals surface area contributed by atoms with Crippen LogP contribution in [0.2, 0.25) is 0 Å². The highest BCUT2D eigenvalue weighted by Crippen LogP contribution is 2.25. The first-order valence-electron chi connectivity index (χ1n) is 6.16. The van der Waals surface area contributed by atoms with Crippen LogP contribution in [-0.2, 0) is 9.84 Å². The van der Waals surface area contributed by atoms with Crippen molar-refractivity contribution in [1.29, 1.82) is 0 Å². The highest BCUT2D eigenvalue weighted by Gasteiger charge is 2.13. The fourth-order valence-corrected chi connectivity index (χ4v) is 2.83. The maximum Gasteiger partial charge on any atom is 0.153 e. The molecule has 19 heavy (non-hydrogen) atoms. The second kappa shape index (κ2) is 6.86. The lowest BCUT2D eigenvalue weighted by atomic mass is 10.1. The maximum atomic E-state index is 13.1. The molecule has 0 aliphatic carbocycles. The van der Waals surface area contributed by atoms with Gasteiger partial charge in [-0.05, 0) is 25.5 Å². The van der Waals surface area contributed by atoms with Gasteiger partial charge in [0.25, 0.3) is 0 Å². The van der Waals surface area contributed by atoms with Crippen LogP contribution in [0.25, 0.3) is 0 Å². The normalized spacial score (nSPS) is 13.3. The lowest BCUT2D eigenvalue weighted by Crippen LogP contribution is -2.17. The van der Waals surface area contributed by atoms with Crippen molar-refractivity contribution in [2.24, 2.45) is 0 Å². The van der Waals surface area contributed by atoms with Gasteiger partial charge in [-0.15, -0.1) is 0 Å². The van der Waals surface area contributed by atoms with Gasteiger partial charge in [-0.25, -0.2) is 12.8 Å². The Hall–Kier alpha value is -1.14. The molecule has 1 N–H and O–H groups in total. The van der Waals surface area contributed by atoms with Crippen LogP contribution < -0.4 is 4.74 Å². The summed E-state index contributed by atoms with van der Waals surface area (Å²) in [5.74, 6) is -0.308. The number of benzene rings is 1. The molecule has 4 nitrogen and oxygen atoms in total. The Balaban J connectivity index is 2.70. The SMILES string of the molecule is CCCS(=O)(=O)CCOc1cc(F)ccc1[C@H](C)O. The van der Waals surface area contributed by atoms with E-state index < -0.39 is 21.8 Å². The quantitative estimate of drug-likeness (QED) is 0.835. The van der Waals surface area contributed by atoms with Crippen LogP contribution in [0.3, 0.4) is 0 Å². The Labute approximate surface area is 113 Å². The zero-order chi connectivity index (χ0) is 14.5. The van der Waals surface area contributed by atoms with Gasteiger partial charge < -0.3 is 9.84 Å². The van der Waals surface area contributed by atoms with E-state index in [1.165, 1.54) is 19.1 Å². The van der Waals surface area contributed by atoms with E-state index in [9.17, 15) is 17.9 Å². The fraction of sp³-hybridized carbons (Fsp3) is 0.538. The van der Waals surface area contributed by atoms with Crippen molar-refractivity contribution in [3.05, 3.63) is 29.6 Å². The number of aliphatic hydroxyl groups excluding tert-OH is 1. The number of halogens is 1. The van der Waals surface area contributed by atoms with Crippen LogP contribution in [0.5, 0.6) is 5.75 Å². The topological polar surface area (TPSA) is 63.6 Å². The number of aliphatic hydroxyl groups is 1. The van der Waals surface area contributed by atoms with Crippen molar-refractivity contribution < 1.29 is 22.7 Å². The Morgan fingerprint density at radius 1 is 1.37 bits per heavy atom. The summed E-state index contributed by atoms with van der Waals surface area (Å²) in [4.78, 5) is 0. The summed E-state index contributed by atoms with van der Waals surface area (Å²) in [7, 11) is -3.13. The van der Waals surface area contributed by atoms with Gasteiger partial charge >= 0.3 is 0 Å². The van der Waals surface area contributed by atoms with E-state index in [4.69, 9.17) is 4.74 Å². The van der Waals surface area contributed by atoms with E-state index >= 15 is 0 Å². The van der Waals surface area contributed by atoms with E-state index in [1.807, 2.05) is 0 Å². The van der Waals surface area contributed by atoms with Gasteiger partial charge in [0, 0.05) is 11.6 Å². The minimum absolute atomic E-state index is 0.0501. The molecule has 0 saturated heterocycles. The third kappa shape index (κ3) is 5.16. The summed E-state index contributed by atoms with van der Waals surface area (Å²) in [5, 5.41) is 9.52. The van der Waals surface area contributed by atoms with Gasteiger partial charge in [0.1, 0.15) is 18.2 Å². The smallest absolute Gasteiger partial charge is 0.153 e. The number of rotatable bonds is 7. The zero-order valence-electron chi connectivity index (χ0n) is 11.1. The predicted molar refractivity (Wildman–Crippen MR) is 71.5 cm³/mol. The third-order valence-electron chi connectivity index (χ3n) is 2.59. The molecular formula is C13H19FO4S. The molecule has 0 fully saturated rings. The monoisotopic (exact) mass is 290 g/mol. The van der Waals surface area contributed by atoms with Crippen LogP contribution in [0.1, 0.15) is 31.9 Å². The van der Waals surface area contributed by atoms with E-state index in [0.717, 1.165) is 6.07 Å². The van der Waals surface area contributed by atoms with Crippen molar-refractivity contribution in [3.8, 4) is 5.75 Å². The molecule has 108 valence electrons. The van der Waals surface area contributed by atoms with E-state index in [-0.39, 0.29) is 23.9 Å². The molecule has 1 rings (SSSR count). The molecule has 0 spiro atoms.